The lowest BCUT2D eigenvalue weighted by molar-refractivity contribution is 0.411. The fourth-order valence-corrected chi connectivity index (χ4v) is 4.28. The van der Waals surface area contributed by atoms with Gasteiger partial charge in [-0.3, -0.25) is 4.72 Å². The number of aryl methyl sites for hydroxylation is 1. The summed E-state index contributed by atoms with van der Waals surface area (Å²) in [6.45, 7) is 3.87. The van der Waals surface area contributed by atoms with E-state index in [1.165, 1.54) is 19.3 Å². The Balaban J connectivity index is 1.82. The number of methoxy groups -OCH3 is 1. The summed E-state index contributed by atoms with van der Waals surface area (Å²) in [6, 6.07) is 12.5. The first kappa shape index (κ1) is 17.6. The number of nitrogens with zero attached hydrogens (tertiary/aromatic N) is 1. The number of anilines is 2. The molecule has 0 atom stereocenters. The molecule has 0 spiro atoms. The van der Waals surface area contributed by atoms with Crippen LogP contribution in [-0.4, -0.2) is 28.6 Å². The summed E-state index contributed by atoms with van der Waals surface area (Å²) in [4.78, 5) is 2.54. The zero-order valence-corrected chi connectivity index (χ0v) is 15.5. The first-order chi connectivity index (χ1) is 12.0. The first-order valence-corrected chi connectivity index (χ1v) is 10.0. The number of piperidine rings is 1. The molecule has 25 heavy (non-hydrogen) atoms. The van der Waals surface area contributed by atoms with Crippen molar-refractivity contribution in [2.45, 2.75) is 31.1 Å². The molecule has 3 rings (SSSR count). The van der Waals surface area contributed by atoms with Crippen molar-refractivity contribution in [2.75, 3.05) is 29.8 Å². The summed E-state index contributed by atoms with van der Waals surface area (Å²) >= 11 is 0. The molecule has 1 heterocycles. The summed E-state index contributed by atoms with van der Waals surface area (Å²) in [5.74, 6) is 0.672. The molecule has 0 aliphatic carbocycles. The highest BCUT2D eigenvalue weighted by molar-refractivity contribution is 7.92. The van der Waals surface area contributed by atoms with E-state index in [2.05, 4.69) is 9.62 Å². The van der Waals surface area contributed by atoms with Gasteiger partial charge in [-0.25, -0.2) is 8.42 Å². The average molecular weight is 360 g/mol. The van der Waals surface area contributed by atoms with E-state index in [1.54, 1.807) is 31.4 Å². The van der Waals surface area contributed by atoms with Crippen LogP contribution >= 0.6 is 0 Å². The van der Waals surface area contributed by atoms with Crippen LogP contribution < -0.4 is 14.4 Å². The van der Waals surface area contributed by atoms with E-state index in [1.807, 2.05) is 25.1 Å². The monoisotopic (exact) mass is 360 g/mol. The van der Waals surface area contributed by atoms with E-state index < -0.39 is 10.0 Å². The summed E-state index contributed by atoms with van der Waals surface area (Å²) in [7, 11) is -2.06. The third kappa shape index (κ3) is 4.07. The van der Waals surface area contributed by atoms with Gasteiger partial charge in [0.2, 0.25) is 0 Å². The number of rotatable bonds is 5. The highest BCUT2D eigenvalue weighted by atomic mass is 32.2. The number of ether oxygens (including phenoxy) is 1. The molecule has 1 N–H and O–H groups in total. The molecule has 6 heteroatoms. The van der Waals surface area contributed by atoms with Gasteiger partial charge in [0, 0.05) is 18.8 Å². The number of hydrogen-bond acceptors (Lipinski definition) is 4. The summed E-state index contributed by atoms with van der Waals surface area (Å²) in [5.41, 5.74) is 2.43. The minimum atomic E-state index is -3.63. The maximum atomic E-state index is 12.7. The zero-order valence-electron chi connectivity index (χ0n) is 14.7. The number of benzene rings is 2. The molecule has 1 saturated heterocycles. The van der Waals surface area contributed by atoms with E-state index >= 15 is 0 Å². The summed E-state index contributed by atoms with van der Waals surface area (Å²) in [6.07, 6.45) is 3.63. The molecular formula is C19H24N2O3S. The van der Waals surface area contributed by atoms with Gasteiger partial charge in [0.1, 0.15) is 5.75 Å². The molecule has 5 nitrogen and oxygen atoms in total. The van der Waals surface area contributed by atoms with E-state index in [9.17, 15) is 8.42 Å². The van der Waals surface area contributed by atoms with Crippen molar-refractivity contribution in [1.29, 1.82) is 0 Å². The van der Waals surface area contributed by atoms with E-state index in [0.717, 1.165) is 24.3 Å². The Hall–Kier alpha value is -2.21. The van der Waals surface area contributed by atoms with Crippen molar-refractivity contribution >= 4 is 21.4 Å². The third-order valence-corrected chi connectivity index (χ3v) is 5.88. The van der Waals surface area contributed by atoms with Gasteiger partial charge in [-0.2, -0.15) is 0 Å². The van der Waals surface area contributed by atoms with Gasteiger partial charge in [0.05, 0.1) is 17.7 Å². The molecule has 1 aliphatic heterocycles. The lowest BCUT2D eigenvalue weighted by atomic mass is 10.1. The van der Waals surface area contributed by atoms with E-state index in [4.69, 9.17) is 4.74 Å². The van der Waals surface area contributed by atoms with Crippen LogP contribution in [0, 0.1) is 6.92 Å². The first-order valence-electron chi connectivity index (χ1n) is 8.52. The smallest absolute Gasteiger partial charge is 0.261 e. The van der Waals surface area contributed by atoms with Gasteiger partial charge in [0.15, 0.2) is 0 Å². The van der Waals surface area contributed by atoms with Crippen molar-refractivity contribution in [3.8, 4) is 5.75 Å². The number of hydrogen-bond donors (Lipinski definition) is 1. The quantitative estimate of drug-likeness (QED) is 0.881. The fourth-order valence-electron chi connectivity index (χ4n) is 3.15. The van der Waals surface area contributed by atoms with Crippen LogP contribution in [0.1, 0.15) is 24.8 Å². The highest BCUT2D eigenvalue weighted by Gasteiger charge is 2.17. The SMILES string of the molecule is COc1ccc(S(=O)(=O)Nc2cccc(N3CCCCC3)c2)cc1C. The molecule has 2 aromatic carbocycles. The molecule has 0 amide bonds. The van der Waals surface area contributed by atoms with E-state index in [0.29, 0.717) is 11.4 Å². The van der Waals surface area contributed by atoms with Crippen molar-refractivity contribution in [3.05, 3.63) is 48.0 Å². The van der Waals surface area contributed by atoms with Crippen LogP contribution in [0.4, 0.5) is 11.4 Å². The van der Waals surface area contributed by atoms with Gasteiger partial charge >= 0.3 is 0 Å². The van der Waals surface area contributed by atoms with Crippen LogP contribution in [0.3, 0.4) is 0 Å². The van der Waals surface area contributed by atoms with Crippen LogP contribution in [-0.2, 0) is 10.0 Å². The highest BCUT2D eigenvalue weighted by Crippen LogP contribution is 2.26. The second-order valence-corrected chi connectivity index (χ2v) is 8.02. The maximum Gasteiger partial charge on any atom is 0.261 e. The van der Waals surface area contributed by atoms with Gasteiger partial charge in [-0.1, -0.05) is 6.07 Å². The Labute approximate surface area is 149 Å². The Morgan fingerprint density at radius 3 is 2.48 bits per heavy atom. The number of nitrogens with one attached hydrogen (secondary N) is 1. The molecule has 0 saturated carbocycles. The summed E-state index contributed by atoms with van der Waals surface area (Å²) < 4.78 is 33.2. The second-order valence-electron chi connectivity index (χ2n) is 6.33. The molecule has 1 fully saturated rings. The lowest BCUT2D eigenvalue weighted by Gasteiger charge is -2.29. The molecule has 134 valence electrons. The predicted molar refractivity (Wildman–Crippen MR) is 101 cm³/mol. The molecule has 0 radical (unpaired) electrons. The number of sulfonamides is 1. The van der Waals surface area contributed by atoms with Crippen molar-refractivity contribution in [3.63, 3.8) is 0 Å². The minimum absolute atomic E-state index is 0.231. The molecule has 0 bridgehead atoms. The van der Waals surface area contributed by atoms with Crippen LogP contribution in [0.15, 0.2) is 47.4 Å². The van der Waals surface area contributed by atoms with Gasteiger partial charge in [0.25, 0.3) is 10.0 Å². The van der Waals surface area contributed by atoms with Crippen LogP contribution in [0.25, 0.3) is 0 Å². The van der Waals surface area contributed by atoms with Gasteiger partial charge in [-0.05, 0) is 68.1 Å². The normalized spacial score (nSPS) is 15.0. The maximum absolute atomic E-state index is 12.7. The molecule has 0 unspecified atom stereocenters. The van der Waals surface area contributed by atoms with Crippen molar-refractivity contribution in [2.24, 2.45) is 0 Å². The fraction of sp³-hybridized carbons (Fsp3) is 0.368. The molecular weight excluding hydrogens is 336 g/mol. The molecule has 2 aromatic rings. The molecule has 1 aliphatic rings. The van der Waals surface area contributed by atoms with Gasteiger partial charge in [-0.15, -0.1) is 0 Å². The van der Waals surface area contributed by atoms with Crippen LogP contribution in [0.2, 0.25) is 0 Å². The Morgan fingerprint density at radius 1 is 1.04 bits per heavy atom. The van der Waals surface area contributed by atoms with Crippen molar-refractivity contribution in [1.82, 2.24) is 0 Å². The zero-order chi connectivity index (χ0) is 17.9. The third-order valence-electron chi connectivity index (χ3n) is 4.50. The Morgan fingerprint density at radius 2 is 1.80 bits per heavy atom. The van der Waals surface area contributed by atoms with Crippen molar-refractivity contribution < 1.29 is 13.2 Å². The Bertz CT molecular complexity index is 843. The average Bonchev–Trinajstić information content (AvgIpc) is 2.62. The largest absolute Gasteiger partial charge is 0.496 e. The predicted octanol–water partition coefficient (Wildman–Crippen LogP) is 3.79. The topological polar surface area (TPSA) is 58.6 Å². The standard InChI is InChI=1S/C19H24N2O3S/c1-15-13-18(9-10-19(15)24-2)25(22,23)20-16-7-6-8-17(14-16)21-11-4-3-5-12-21/h6-10,13-14,20H,3-5,11-12H2,1-2H3. The summed E-state index contributed by atoms with van der Waals surface area (Å²) in [5, 5.41) is 0. The second kappa shape index (κ2) is 7.35. The van der Waals surface area contributed by atoms with Gasteiger partial charge < -0.3 is 9.64 Å². The lowest BCUT2D eigenvalue weighted by Crippen LogP contribution is -2.29. The Kier molecular flexibility index (Phi) is 5.18. The van der Waals surface area contributed by atoms with E-state index in [-0.39, 0.29) is 4.90 Å². The molecule has 0 aromatic heterocycles. The minimum Gasteiger partial charge on any atom is -0.496 e. The van der Waals surface area contributed by atoms with Crippen LogP contribution in [0.5, 0.6) is 5.75 Å².